The van der Waals surface area contributed by atoms with E-state index in [1.54, 1.807) is 12.1 Å². The third-order valence-corrected chi connectivity index (χ3v) is 5.75. The number of hydrogen-bond donors (Lipinski definition) is 2. The number of amides is 1. The molecule has 0 saturated heterocycles. The number of carbonyl (C=O) groups excluding carboxylic acids is 1. The fraction of sp³-hybridized carbons (Fsp3) is 0.333. The number of nitrogens with zero attached hydrogens (tertiary/aromatic N) is 2. The third kappa shape index (κ3) is 5.93. The molecule has 2 aromatic carbocycles. The van der Waals surface area contributed by atoms with Crippen LogP contribution < -0.4 is 5.32 Å². The number of aryl methyl sites for hydroxylation is 3. The maximum atomic E-state index is 13.1. The lowest BCUT2D eigenvalue weighted by atomic mass is 10.1. The van der Waals surface area contributed by atoms with Crippen molar-refractivity contribution in [3.63, 3.8) is 0 Å². The van der Waals surface area contributed by atoms with Crippen molar-refractivity contribution in [2.45, 2.75) is 39.7 Å². The van der Waals surface area contributed by atoms with Gasteiger partial charge in [0, 0.05) is 11.3 Å². The zero-order valence-corrected chi connectivity index (χ0v) is 19.1. The lowest BCUT2D eigenvalue weighted by Gasteiger charge is -2.24. The van der Waals surface area contributed by atoms with Crippen molar-refractivity contribution in [1.29, 1.82) is 0 Å². The molecular formula is C24H28ClFN4O. The summed E-state index contributed by atoms with van der Waals surface area (Å²) in [5, 5.41) is 10.9. The first-order valence-corrected chi connectivity index (χ1v) is 10.7. The highest BCUT2D eigenvalue weighted by atomic mass is 35.5. The molecule has 0 aliphatic heterocycles. The molecule has 3 rings (SSSR count). The van der Waals surface area contributed by atoms with E-state index < -0.39 is 0 Å². The number of likely N-dealkylation sites (N-methyl/N-ethyl adjacent to an activating group) is 1. The molecule has 0 radical (unpaired) electrons. The Morgan fingerprint density at radius 1 is 1.23 bits per heavy atom. The molecule has 7 heteroatoms. The fourth-order valence-corrected chi connectivity index (χ4v) is 3.84. The van der Waals surface area contributed by atoms with Gasteiger partial charge >= 0.3 is 0 Å². The summed E-state index contributed by atoms with van der Waals surface area (Å²) in [7, 11) is 1.94. The number of benzene rings is 2. The standard InChI is InChI=1S/C24H28ClFN4O/c1-15-12-16(2)23(21(25)13-15)27-24(31)17(3)30(4)11-5-6-20-14-22(29-28-20)18-7-9-19(26)10-8-18/h7-10,12-14,17H,5-6,11H2,1-4H3,(H,27,31)(H,28,29). The Balaban J connectivity index is 1.51. The summed E-state index contributed by atoms with van der Waals surface area (Å²) >= 11 is 6.31. The zero-order chi connectivity index (χ0) is 22.5. The van der Waals surface area contributed by atoms with Crippen LogP contribution in [-0.2, 0) is 11.2 Å². The summed E-state index contributed by atoms with van der Waals surface area (Å²) in [5.41, 5.74) is 5.35. The molecule has 0 fully saturated rings. The molecule has 1 amide bonds. The van der Waals surface area contributed by atoms with Gasteiger partial charge in [-0.15, -0.1) is 0 Å². The number of H-pyrrole nitrogens is 1. The van der Waals surface area contributed by atoms with Gasteiger partial charge in [0.25, 0.3) is 0 Å². The topological polar surface area (TPSA) is 61.0 Å². The van der Waals surface area contributed by atoms with Gasteiger partial charge in [0.05, 0.1) is 22.4 Å². The Labute approximate surface area is 187 Å². The predicted molar refractivity (Wildman–Crippen MR) is 124 cm³/mol. The Bertz CT molecular complexity index is 1020. The van der Waals surface area contributed by atoms with E-state index in [-0.39, 0.29) is 17.8 Å². The zero-order valence-electron chi connectivity index (χ0n) is 18.3. The summed E-state index contributed by atoms with van der Waals surface area (Å²) in [6, 6.07) is 11.8. The van der Waals surface area contributed by atoms with Crippen LogP contribution in [0.4, 0.5) is 10.1 Å². The minimum atomic E-state index is -0.298. The van der Waals surface area contributed by atoms with Crippen LogP contribution in [0.3, 0.4) is 0 Å². The Morgan fingerprint density at radius 3 is 2.61 bits per heavy atom. The molecule has 0 spiro atoms. The number of nitrogens with one attached hydrogen (secondary N) is 2. The number of carbonyl (C=O) groups is 1. The van der Waals surface area contributed by atoms with Gasteiger partial charge in [-0.05, 0) is 94.7 Å². The largest absolute Gasteiger partial charge is 0.323 e. The van der Waals surface area contributed by atoms with Crippen molar-refractivity contribution >= 4 is 23.2 Å². The maximum Gasteiger partial charge on any atom is 0.241 e. The minimum absolute atomic E-state index is 0.0866. The van der Waals surface area contributed by atoms with Gasteiger partial charge < -0.3 is 5.32 Å². The van der Waals surface area contributed by atoms with E-state index in [9.17, 15) is 9.18 Å². The number of hydrogen-bond acceptors (Lipinski definition) is 3. The summed E-state index contributed by atoms with van der Waals surface area (Å²) < 4.78 is 13.1. The van der Waals surface area contributed by atoms with Crippen molar-refractivity contribution in [1.82, 2.24) is 15.1 Å². The van der Waals surface area contributed by atoms with E-state index in [1.807, 2.05) is 50.9 Å². The van der Waals surface area contributed by atoms with Crippen molar-refractivity contribution in [2.75, 3.05) is 18.9 Å². The molecule has 2 N–H and O–H groups in total. The molecule has 5 nitrogen and oxygen atoms in total. The molecule has 164 valence electrons. The molecule has 0 aliphatic carbocycles. The van der Waals surface area contributed by atoms with Gasteiger partial charge in [0.15, 0.2) is 0 Å². The van der Waals surface area contributed by atoms with Crippen LogP contribution in [0.1, 0.15) is 30.2 Å². The first-order valence-electron chi connectivity index (χ1n) is 10.3. The van der Waals surface area contributed by atoms with Crippen LogP contribution in [0, 0.1) is 19.7 Å². The molecular weight excluding hydrogens is 415 g/mol. The molecule has 1 heterocycles. The number of aromatic nitrogens is 2. The van der Waals surface area contributed by atoms with E-state index in [1.165, 1.54) is 12.1 Å². The minimum Gasteiger partial charge on any atom is -0.323 e. The molecule has 3 aromatic rings. The molecule has 1 atom stereocenters. The van der Waals surface area contributed by atoms with Crippen LogP contribution in [0.5, 0.6) is 0 Å². The van der Waals surface area contributed by atoms with Crippen LogP contribution >= 0.6 is 11.6 Å². The number of rotatable bonds is 8. The van der Waals surface area contributed by atoms with E-state index in [4.69, 9.17) is 11.6 Å². The van der Waals surface area contributed by atoms with Gasteiger partial charge in [0.1, 0.15) is 5.82 Å². The number of anilines is 1. The monoisotopic (exact) mass is 442 g/mol. The van der Waals surface area contributed by atoms with Crippen LogP contribution in [0.15, 0.2) is 42.5 Å². The van der Waals surface area contributed by atoms with E-state index >= 15 is 0 Å². The van der Waals surface area contributed by atoms with Crippen molar-refractivity contribution in [2.24, 2.45) is 0 Å². The fourth-order valence-electron chi connectivity index (χ4n) is 3.47. The normalized spacial score (nSPS) is 12.2. The molecule has 1 unspecified atom stereocenters. The first kappa shape index (κ1) is 23.0. The second kappa shape index (κ2) is 10.1. The lowest BCUT2D eigenvalue weighted by Crippen LogP contribution is -2.40. The Hall–Kier alpha value is -2.70. The molecule has 0 saturated carbocycles. The van der Waals surface area contributed by atoms with Crippen LogP contribution in [0.25, 0.3) is 11.3 Å². The van der Waals surface area contributed by atoms with Gasteiger partial charge in [-0.1, -0.05) is 17.7 Å². The van der Waals surface area contributed by atoms with Crippen LogP contribution in [0.2, 0.25) is 5.02 Å². The van der Waals surface area contributed by atoms with E-state index in [2.05, 4.69) is 15.5 Å². The third-order valence-electron chi connectivity index (χ3n) is 5.45. The SMILES string of the molecule is Cc1cc(C)c(NC(=O)C(C)N(C)CCCc2cc(-c3ccc(F)cc3)n[nH]2)c(Cl)c1. The molecule has 0 bridgehead atoms. The van der Waals surface area contributed by atoms with E-state index in [0.717, 1.165) is 47.5 Å². The van der Waals surface area contributed by atoms with E-state index in [0.29, 0.717) is 10.7 Å². The average molecular weight is 443 g/mol. The maximum absolute atomic E-state index is 13.1. The molecule has 1 aromatic heterocycles. The molecule has 31 heavy (non-hydrogen) atoms. The highest BCUT2D eigenvalue weighted by Gasteiger charge is 2.19. The Kier molecular flexibility index (Phi) is 7.46. The van der Waals surface area contributed by atoms with Crippen molar-refractivity contribution < 1.29 is 9.18 Å². The van der Waals surface area contributed by atoms with Gasteiger partial charge in [-0.25, -0.2) is 4.39 Å². The summed E-state index contributed by atoms with van der Waals surface area (Å²) in [6.07, 6.45) is 1.67. The second-order valence-corrected chi connectivity index (χ2v) is 8.38. The summed E-state index contributed by atoms with van der Waals surface area (Å²) in [5.74, 6) is -0.350. The van der Waals surface area contributed by atoms with Crippen molar-refractivity contribution in [3.05, 3.63) is 70.1 Å². The first-order chi connectivity index (χ1) is 14.7. The highest BCUT2D eigenvalue weighted by Crippen LogP contribution is 2.27. The van der Waals surface area contributed by atoms with Gasteiger partial charge in [0.2, 0.25) is 5.91 Å². The smallest absolute Gasteiger partial charge is 0.241 e. The Morgan fingerprint density at radius 2 is 1.94 bits per heavy atom. The summed E-state index contributed by atoms with van der Waals surface area (Å²) in [6.45, 7) is 6.55. The van der Waals surface area contributed by atoms with Crippen molar-refractivity contribution in [3.8, 4) is 11.3 Å². The predicted octanol–water partition coefficient (Wildman–Crippen LogP) is 5.38. The highest BCUT2D eigenvalue weighted by molar-refractivity contribution is 6.34. The lowest BCUT2D eigenvalue weighted by molar-refractivity contribution is -0.120. The van der Waals surface area contributed by atoms with Crippen LogP contribution in [-0.4, -0.2) is 40.6 Å². The van der Waals surface area contributed by atoms with Gasteiger partial charge in [-0.3, -0.25) is 14.8 Å². The summed E-state index contributed by atoms with van der Waals surface area (Å²) in [4.78, 5) is 14.7. The molecule has 0 aliphatic rings. The average Bonchev–Trinajstić information content (AvgIpc) is 3.19. The second-order valence-electron chi connectivity index (χ2n) is 7.97. The quantitative estimate of drug-likeness (QED) is 0.492. The number of halogens is 2. The number of aromatic amines is 1. The van der Waals surface area contributed by atoms with Gasteiger partial charge in [-0.2, -0.15) is 5.10 Å².